The zero-order valence-electron chi connectivity index (χ0n) is 15.6. The largest absolute Gasteiger partial charge is 0.444 e. The fraction of sp³-hybridized carbons (Fsp3) is 0.833. The minimum absolute atomic E-state index is 0.0763. The third-order valence-electron chi connectivity index (χ3n) is 4.46. The number of alkyl carbamates (subject to hydrolysis) is 1. The van der Waals surface area contributed by atoms with Crippen molar-refractivity contribution in [1.82, 2.24) is 15.5 Å². The van der Waals surface area contributed by atoms with Crippen LogP contribution in [0.25, 0.3) is 0 Å². The van der Waals surface area contributed by atoms with Crippen molar-refractivity contribution in [3.8, 4) is 0 Å². The van der Waals surface area contributed by atoms with Crippen LogP contribution < -0.4 is 10.6 Å². The van der Waals surface area contributed by atoms with Crippen LogP contribution in [0.3, 0.4) is 0 Å². The molecule has 0 aromatic rings. The lowest BCUT2D eigenvalue weighted by molar-refractivity contribution is -0.134. The molecule has 0 atom stereocenters. The maximum atomic E-state index is 12.0. The van der Waals surface area contributed by atoms with Gasteiger partial charge in [-0.05, 0) is 52.4 Å². The molecule has 0 radical (unpaired) electrons. The molecule has 0 spiro atoms. The fourth-order valence-electron chi connectivity index (χ4n) is 2.88. The van der Waals surface area contributed by atoms with Crippen molar-refractivity contribution in [2.45, 2.75) is 58.5 Å². The van der Waals surface area contributed by atoms with Gasteiger partial charge in [-0.1, -0.05) is 0 Å². The van der Waals surface area contributed by atoms with Gasteiger partial charge < -0.3 is 20.3 Å². The Labute approximate surface area is 149 Å². The van der Waals surface area contributed by atoms with Crippen LogP contribution in [0.1, 0.15) is 52.9 Å². The Morgan fingerprint density at radius 2 is 1.68 bits per heavy atom. The highest BCUT2D eigenvalue weighted by atomic mass is 16.6. The summed E-state index contributed by atoms with van der Waals surface area (Å²) >= 11 is 0. The standard InChI is InChI=1S/C18H31N3O4/c1-18(2,3)25-17(24)19-9-6-15(22)20-12-13-7-10-21(11-8-13)16(23)14-4-5-14/h13-14H,4-12H2,1-3H3,(H,19,24)(H,20,22). The van der Waals surface area contributed by atoms with E-state index in [4.69, 9.17) is 4.74 Å². The lowest BCUT2D eigenvalue weighted by Crippen LogP contribution is -2.42. The lowest BCUT2D eigenvalue weighted by atomic mass is 9.96. The molecule has 2 N–H and O–H groups in total. The molecule has 1 heterocycles. The third kappa shape index (κ3) is 7.32. The Morgan fingerprint density at radius 3 is 2.24 bits per heavy atom. The molecule has 142 valence electrons. The number of carbonyl (C=O) groups is 3. The van der Waals surface area contributed by atoms with Gasteiger partial charge in [-0.3, -0.25) is 9.59 Å². The number of nitrogens with zero attached hydrogens (tertiary/aromatic N) is 1. The monoisotopic (exact) mass is 353 g/mol. The van der Waals surface area contributed by atoms with E-state index in [1.807, 2.05) is 4.90 Å². The molecule has 0 aromatic carbocycles. The SMILES string of the molecule is CC(C)(C)OC(=O)NCCC(=O)NCC1CCN(C(=O)C2CC2)CC1. The van der Waals surface area contributed by atoms with Crippen LogP contribution in [0.5, 0.6) is 0 Å². The molecule has 25 heavy (non-hydrogen) atoms. The molecule has 0 bridgehead atoms. The van der Waals surface area contributed by atoms with Crippen LogP contribution in [0, 0.1) is 11.8 Å². The second-order valence-electron chi connectivity index (χ2n) is 8.03. The second-order valence-corrected chi connectivity index (χ2v) is 8.03. The van der Waals surface area contributed by atoms with Crippen molar-refractivity contribution in [2.75, 3.05) is 26.2 Å². The number of hydrogen-bond donors (Lipinski definition) is 2. The zero-order valence-corrected chi connectivity index (χ0v) is 15.6. The summed E-state index contributed by atoms with van der Waals surface area (Å²) in [6.45, 7) is 7.88. The van der Waals surface area contributed by atoms with E-state index in [-0.39, 0.29) is 24.8 Å². The summed E-state index contributed by atoms with van der Waals surface area (Å²) < 4.78 is 5.11. The molecule has 1 saturated heterocycles. The van der Waals surface area contributed by atoms with Crippen molar-refractivity contribution in [2.24, 2.45) is 11.8 Å². The highest BCUT2D eigenvalue weighted by molar-refractivity contribution is 5.81. The van der Waals surface area contributed by atoms with E-state index in [2.05, 4.69) is 10.6 Å². The van der Waals surface area contributed by atoms with Gasteiger partial charge in [0.2, 0.25) is 11.8 Å². The van der Waals surface area contributed by atoms with Gasteiger partial charge in [0.25, 0.3) is 0 Å². The summed E-state index contributed by atoms with van der Waals surface area (Å²) in [5, 5.41) is 5.50. The smallest absolute Gasteiger partial charge is 0.407 e. The van der Waals surface area contributed by atoms with E-state index in [9.17, 15) is 14.4 Å². The Hall–Kier alpha value is -1.79. The highest BCUT2D eigenvalue weighted by Gasteiger charge is 2.34. The van der Waals surface area contributed by atoms with Crippen molar-refractivity contribution >= 4 is 17.9 Å². The maximum absolute atomic E-state index is 12.0. The molecular formula is C18H31N3O4. The first-order valence-electron chi connectivity index (χ1n) is 9.27. The molecule has 7 nitrogen and oxygen atoms in total. The molecular weight excluding hydrogens is 322 g/mol. The van der Waals surface area contributed by atoms with Crippen molar-refractivity contribution < 1.29 is 19.1 Å². The number of ether oxygens (including phenoxy) is 1. The number of amides is 3. The molecule has 1 saturated carbocycles. The predicted molar refractivity (Wildman–Crippen MR) is 93.9 cm³/mol. The average molecular weight is 353 g/mol. The molecule has 2 fully saturated rings. The van der Waals surface area contributed by atoms with Gasteiger partial charge in [-0.2, -0.15) is 0 Å². The molecule has 0 unspecified atom stereocenters. The third-order valence-corrected chi connectivity index (χ3v) is 4.46. The summed E-state index contributed by atoms with van der Waals surface area (Å²) in [7, 11) is 0. The minimum atomic E-state index is -0.540. The summed E-state index contributed by atoms with van der Waals surface area (Å²) in [5.41, 5.74) is -0.540. The number of piperidine rings is 1. The van der Waals surface area contributed by atoms with E-state index >= 15 is 0 Å². The van der Waals surface area contributed by atoms with Crippen LogP contribution >= 0.6 is 0 Å². The molecule has 1 aliphatic carbocycles. The van der Waals surface area contributed by atoms with E-state index in [0.29, 0.717) is 18.4 Å². The maximum Gasteiger partial charge on any atom is 0.407 e. The summed E-state index contributed by atoms with van der Waals surface area (Å²) in [6.07, 6.45) is 3.70. The summed E-state index contributed by atoms with van der Waals surface area (Å²) in [4.78, 5) is 37.3. The number of likely N-dealkylation sites (tertiary alicyclic amines) is 1. The van der Waals surface area contributed by atoms with Gasteiger partial charge >= 0.3 is 6.09 Å². The van der Waals surface area contributed by atoms with Crippen molar-refractivity contribution in [3.63, 3.8) is 0 Å². The van der Waals surface area contributed by atoms with E-state index in [1.54, 1.807) is 20.8 Å². The highest BCUT2D eigenvalue weighted by Crippen LogP contribution is 2.32. The first-order chi connectivity index (χ1) is 11.7. The number of hydrogen-bond acceptors (Lipinski definition) is 4. The first kappa shape index (κ1) is 19.5. The number of carbonyl (C=O) groups excluding carboxylic acids is 3. The predicted octanol–water partition coefficient (Wildman–Crippen LogP) is 1.67. The second kappa shape index (κ2) is 8.54. The van der Waals surface area contributed by atoms with Crippen molar-refractivity contribution in [1.29, 1.82) is 0 Å². The summed E-state index contributed by atoms with van der Waals surface area (Å²) in [5.74, 6) is 0.947. The van der Waals surface area contributed by atoms with Crippen LogP contribution in [0.2, 0.25) is 0 Å². The minimum Gasteiger partial charge on any atom is -0.444 e. The first-order valence-corrected chi connectivity index (χ1v) is 9.27. The van der Waals surface area contributed by atoms with Gasteiger partial charge in [0.05, 0.1) is 0 Å². The van der Waals surface area contributed by atoms with Crippen molar-refractivity contribution in [3.05, 3.63) is 0 Å². The van der Waals surface area contributed by atoms with Gasteiger partial charge in [-0.25, -0.2) is 4.79 Å². The molecule has 1 aliphatic heterocycles. The molecule has 2 rings (SSSR count). The Morgan fingerprint density at radius 1 is 1.04 bits per heavy atom. The summed E-state index contributed by atoms with van der Waals surface area (Å²) in [6, 6.07) is 0. The molecule has 3 amide bonds. The van der Waals surface area contributed by atoms with Gasteiger partial charge in [-0.15, -0.1) is 0 Å². The van der Waals surface area contributed by atoms with E-state index in [0.717, 1.165) is 38.8 Å². The quantitative estimate of drug-likeness (QED) is 0.760. The Kier molecular flexibility index (Phi) is 6.67. The molecule has 0 aromatic heterocycles. The molecule has 2 aliphatic rings. The topological polar surface area (TPSA) is 87.7 Å². The van der Waals surface area contributed by atoms with E-state index < -0.39 is 11.7 Å². The average Bonchev–Trinajstić information content (AvgIpc) is 3.36. The van der Waals surface area contributed by atoms with Crippen LogP contribution in [0.4, 0.5) is 4.79 Å². The van der Waals surface area contributed by atoms with E-state index in [1.165, 1.54) is 0 Å². The normalized spacial score (nSPS) is 18.6. The van der Waals surface area contributed by atoms with Crippen LogP contribution in [-0.4, -0.2) is 54.6 Å². The zero-order chi connectivity index (χ0) is 18.4. The van der Waals surface area contributed by atoms with Gasteiger partial charge in [0, 0.05) is 38.5 Å². The number of nitrogens with one attached hydrogen (secondary N) is 2. The van der Waals surface area contributed by atoms with Gasteiger partial charge in [0.15, 0.2) is 0 Å². The lowest BCUT2D eigenvalue weighted by Gasteiger charge is -2.32. The van der Waals surface area contributed by atoms with Crippen LogP contribution in [-0.2, 0) is 14.3 Å². The Bertz CT molecular complexity index is 489. The van der Waals surface area contributed by atoms with Crippen LogP contribution in [0.15, 0.2) is 0 Å². The van der Waals surface area contributed by atoms with Gasteiger partial charge in [0.1, 0.15) is 5.60 Å². The Balaban J connectivity index is 1.53. The number of rotatable bonds is 6. The molecule has 7 heteroatoms. The fourth-order valence-corrected chi connectivity index (χ4v) is 2.88.